The molecule has 100 valence electrons. The van der Waals surface area contributed by atoms with Gasteiger partial charge >= 0.3 is 0 Å². The van der Waals surface area contributed by atoms with Crippen molar-refractivity contribution < 1.29 is 9.18 Å². The van der Waals surface area contributed by atoms with Gasteiger partial charge in [-0.1, -0.05) is 17.7 Å². The van der Waals surface area contributed by atoms with E-state index in [2.05, 4.69) is 0 Å². The Morgan fingerprint density at radius 3 is 2.56 bits per heavy atom. The van der Waals surface area contributed by atoms with E-state index in [0.717, 1.165) is 0 Å². The maximum absolute atomic E-state index is 13.6. The predicted octanol–water partition coefficient (Wildman–Crippen LogP) is 3.50. The van der Waals surface area contributed by atoms with Crippen LogP contribution < -0.4 is 0 Å². The third-order valence-electron chi connectivity index (χ3n) is 3.00. The fourth-order valence-electron chi connectivity index (χ4n) is 1.40. The smallest absolute Gasteiger partial charge is 0.227 e. The second kappa shape index (κ2) is 5.89. The summed E-state index contributed by atoms with van der Waals surface area (Å²) in [6.07, 6.45) is -0.0671. The zero-order chi connectivity index (χ0) is 13.9. The molecule has 0 unspecified atom stereocenters. The molecule has 18 heavy (non-hydrogen) atoms. The van der Waals surface area contributed by atoms with Crippen LogP contribution in [0.3, 0.4) is 0 Å². The van der Waals surface area contributed by atoms with Crippen molar-refractivity contribution in [3.63, 3.8) is 0 Å². The van der Waals surface area contributed by atoms with E-state index in [1.807, 2.05) is 13.8 Å². The molecule has 0 bridgehead atoms. The first-order valence-electron chi connectivity index (χ1n) is 5.55. The summed E-state index contributed by atoms with van der Waals surface area (Å²) >= 11 is 11.7. The van der Waals surface area contributed by atoms with Gasteiger partial charge in [0.2, 0.25) is 5.91 Å². The van der Waals surface area contributed by atoms with E-state index < -0.39 is 11.4 Å². The lowest BCUT2D eigenvalue weighted by Crippen LogP contribution is -2.47. The van der Waals surface area contributed by atoms with Gasteiger partial charge in [0.1, 0.15) is 5.82 Å². The van der Waals surface area contributed by atoms with Gasteiger partial charge in [0.25, 0.3) is 0 Å². The summed E-state index contributed by atoms with van der Waals surface area (Å²) in [7, 11) is 1.65. The van der Waals surface area contributed by atoms with Crippen molar-refractivity contribution >= 4 is 29.1 Å². The molecule has 0 saturated heterocycles. The summed E-state index contributed by atoms with van der Waals surface area (Å²) in [5.41, 5.74) is -0.252. The lowest BCUT2D eigenvalue weighted by Gasteiger charge is -2.34. The summed E-state index contributed by atoms with van der Waals surface area (Å²) in [6.45, 7) is 3.70. The number of rotatable bonds is 4. The van der Waals surface area contributed by atoms with E-state index in [1.54, 1.807) is 13.1 Å². The lowest BCUT2D eigenvalue weighted by molar-refractivity contribution is -0.133. The molecule has 0 saturated carbocycles. The highest BCUT2D eigenvalue weighted by atomic mass is 35.5. The number of carbonyl (C=O) groups is 1. The maximum atomic E-state index is 13.6. The van der Waals surface area contributed by atoms with Crippen LogP contribution in [0.5, 0.6) is 0 Å². The van der Waals surface area contributed by atoms with Gasteiger partial charge in [-0.05, 0) is 26.0 Å². The van der Waals surface area contributed by atoms with Gasteiger partial charge in [-0.15, -0.1) is 11.6 Å². The number of amides is 1. The van der Waals surface area contributed by atoms with E-state index in [1.165, 1.54) is 17.0 Å². The quantitative estimate of drug-likeness (QED) is 0.778. The van der Waals surface area contributed by atoms with Crippen molar-refractivity contribution in [2.24, 2.45) is 0 Å². The molecule has 0 aliphatic heterocycles. The molecule has 1 aromatic rings. The van der Waals surface area contributed by atoms with Crippen molar-refractivity contribution in [3.8, 4) is 0 Å². The second-order valence-electron chi connectivity index (χ2n) is 4.78. The van der Waals surface area contributed by atoms with Crippen LogP contribution in [0, 0.1) is 5.82 Å². The Labute approximate surface area is 117 Å². The minimum atomic E-state index is -0.476. The Morgan fingerprint density at radius 1 is 1.44 bits per heavy atom. The minimum Gasteiger partial charge on any atom is -0.339 e. The summed E-state index contributed by atoms with van der Waals surface area (Å²) < 4.78 is 13.6. The molecule has 2 nitrogen and oxygen atoms in total. The number of carbonyl (C=O) groups excluding carboxylic acids is 1. The second-order valence-corrected chi connectivity index (χ2v) is 5.45. The van der Waals surface area contributed by atoms with Gasteiger partial charge in [-0.25, -0.2) is 4.39 Å². The van der Waals surface area contributed by atoms with Crippen molar-refractivity contribution in [3.05, 3.63) is 34.6 Å². The molecular weight excluding hydrogens is 276 g/mol. The normalized spacial score (nSPS) is 11.4. The average Bonchev–Trinajstić information content (AvgIpc) is 2.32. The summed E-state index contributed by atoms with van der Waals surface area (Å²) in [5.74, 6) is -0.374. The minimum absolute atomic E-state index is 0.0671. The van der Waals surface area contributed by atoms with E-state index in [-0.39, 0.29) is 22.9 Å². The predicted molar refractivity (Wildman–Crippen MR) is 72.7 cm³/mol. The molecule has 0 N–H and O–H groups in total. The van der Waals surface area contributed by atoms with Crippen LogP contribution in [0.25, 0.3) is 0 Å². The molecule has 1 amide bonds. The molecule has 0 fully saturated rings. The molecule has 0 aromatic heterocycles. The third kappa shape index (κ3) is 3.36. The van der Waals surface area contributed by atoms with Crippen LogP contribution in [0.2, 0.25) is 5.02 Å². The molecule has 0 aliphatic carbocycles. The van der Waals surface area contributed by atoms with Crippen molar-refractivity contribution in [2.75, 3.05) is 12.9 Å². The van der Waals surface area contributed by atoms with Gasteiger partial charge in [0.15, 0.2) is 0 Å². The summed E-state index contributed by atoms with van der Waals surface area (Å²) in [5, 5.41) is 0.264. The van der Waals surface area contributed by atoms with E-state index >= 15 is 0 Å². The third-order valence-corrected chi connectivity index (χ3v) is 4.01. The van der Waals surface area contributed by atoms with Crippen molar-refractivity contribution in [1.29, 1.82) is 0 Å². The maximum Gasteiger partial charge on any atom is 0.227 e. The number of halogens is 3. The molecule has 0 heterocycles. The Hall–Kier alpha value is -0.800. The first kappa shape index (κ1) is 15.3. The van der Waals surface area contributed by atoms with E-state index in [0.29, 0.717) is 5.88 Å². The highest BCUT2D eigenvalue weighted by molar-refractivity contribution is 6.31. The van der Waals surface area contributed by atoms with Crippen LogP contribution in [0.1, 0.15) is 19.4 Å². The molecule has 0 radical (unpaired) electrons. The molecular formula is C13H16Cl2FNO. The first-order chi connectivity index (χ1) is 8.29. The lowest BCUT2D eigenvalue weighted by atomic mass is 10.0. The van der Waals surface area contributed by atoms with Crippen LogP contribution >= 0.6 is 23.2 Å². The molecule has 0 spiro atoms. The van der Waals surface area contributed by atoms with Crippen molar-refractivity contribution in [2.45, 2.75) is 25.8 Å². The number of alkyl halides is 1. The monoisotopic (exact) mass is 291 g/mol. The number of likely N-dealkylation sites (N-methyl/N-ethyl adjacent to an activating group) is 1. The van der Waals surface area contributed by atoms with Crippen LogP contribution in [-0.4, -0.2) is 29.3 Å². The molecule has 0 atom stereocenters. The highest BCUT2D eigenvalue weighted by Crippen LogP contribution is 2.22. The van der Waals surface area contributed by atoms with Gasteiger partial charge in [0, 0.05) is 23.5 Å². The number of hydrogen-bond acceptors (Lipinski definition) is 1. The summed E-state index contributed by atoms with van der Waals surface area (Å²) in [6, 6.07) is 4.37. The Bertz CT molecular complexity index is 428. The molecule has 0 aliphatic rings. The number of nitrogens with zero attached hydrogens (tertiary/aromatic N) is 1. The molecule has 1 aromatic carbocycles. The highest BCUT2D eigenvalue weighted by Gasteiger charge is 2.27. The zero-order valence-electron chi connectivity index (χ0n) is 10.6. The van der Waals surface area contributed by atoms with Gasteiger partial charge < -0.3 is 4.90 Å². The topological polar surface area (TPSA) is 20.3 Å². The van der Waals surface area contributed by atoms with Gasteiger partial charge in [0.05, 0.1) is 12.0 Å². The van der Waals surface area contributed by atoms with Crippen LogP contribution in [0.15, 0.2) is 18.2 Å². The van der Waals surface area contributed by atoms with E-state index in [4.69, 9.17) is 23.2 Å². The number of hydrogen-bond donors (Lipinski definition) is 0. The van der Waals surface area contributed by atoms with Gasteiger partial charge in [-0.2, -0.15) is 0 Å². The van der Waals surface area contributed by atoms with E-state index in [9.17, 15) is 9.18 Å². The first-order valence-corrected chi connectivity index (χ1v) is 6.46. The van der Waals surface area contributed by atoms with Crippen molar-refractivity contribution in [1.82, 2.24) is 4.90 Å². The molecule has 5 heteroatoms. The average molecular weight is 292 g/mol. The molecule has 1 rings (SSSR count). The Morgan fingerprint density at radius 2 is 2.06 bits per heavy atom. The van der Waals surface area contributed by atoms with Gasteiger partial charge in [-0.3, -0.25) is 4.79 Å². The number of benzene rings is 1. The fourth-order valence-corrected chi connectivity index (χ4v) is 1.81. The SMILES string of the molecule is CN(C(=O)Cc1c(F)cccc1Cl)C(C)(C)CCl. The Kier molecular flexibility index (Phi) is 5.00. The summed E-state index contributed by atoms with van der Waals surface area (Å²) in [4.78, 5) is 13.6. The fraction of sp³-hybridized carbons (Fsp3) is 0.462. The largest absolute Gasteiger partial charge is 0.339 e. The standard InChI is InChI=1S/C13H16Cl2FNO/c1-13(2,8-14)17(3)12(18)7-9-10(15)5-4-6-11(9)16/h4-6H,7-8H2,1-3H3. The zero-order valence-corrected chi connectivity index (χ0v) is 12.1. The van der Waals surface area contributed by atoms with Crippen LogP contribution in [0.4, 0.5) is 4.39 Å². The van der Waals surface area contributed by atoms with Crippen LogP contribution in [-0.2, 0) is 11.2 Å². The Balaban J connectivity index is 2.89.